The number of hydrogen-bond acceptors (Lipinski definition) is 6. The predicted octanol–water partition coefficient (Wildman–Crippen LogP) is -4.25. The van der Waals surface area contributed by atoms with Crippen molar-refractivity contribution in [2.24, 2.45) is 0 Å². The molecule has 0 radical (unpaired) electrons. The summed E-state index contributed by atoms with van der Waals surface area (Å²) in [6.07, 6.45) is 0. The standard InChI is InChI=1S/K.HO6PS/c;1-7(2)5-8(3,4)6-7/h;(H,1,2)/q+1;/p-1. The largest absolute Gasteiger partial charge is 1.00 e. The summed E-state index contributed by atoms with van der Waals surface area (Å²) in [5.41, 5.74) is 0. The molecule has 0 saturated carbocycles. The fourth-order valence-electron chi connectivity index (χ4n) is 0.229. The summed E-state index contributed by atoms with van der Waals surface area (Å²) in [7, 11) is -8.59. The first-order valence-corrected chi connectivity index (χ1v) is 4.19. The molecule has 0 aromatic rings. The monoisotopic (exact) mass is 198 g/mol. The van der Waals surface area contributed by atoms with Gasteiger partial charge in [0, 0.05) is 0 Å². The van der Waals surface area contributed by atoms with Crippen molar-refractivity contribution in [2.45, 2.75) is 0 Å². The Labute approximate surface area is 93.9 Å². The molecule has 0 atom stereocenters. The summed E-state index contributed by atoms with van der Waals surface area (Å²) in [5, 5.41) is 0. The van der Waals surface area contributed by atoms with E-state index in [0.29, 0.717) is 0 Å². The van der Waals surface area contributed by atoms with Crippen LogP contribution in [0.15, 0.2) is 0 Å². The molecule has 0 bridgehead atoms. The van der Waals surface area contributed by atoms with Crippen LogP contribution in [-0.2, 0) is 22.9 Å². The van der Waals surface area contributed by atoms with Gasteiger partial charge in [-0.2, -0.15) is 16.4 Å². The Morgan fingerprint density at radius 3 is 1.67 bits per heavy atom. The maximum Gasteiger partial charge on any atom is 1.00 e. The minimum atomic E-state index is -4.43. The molecule has 0 aliphatic carbocycles. The van der Waals surface area contributed by atoms with E-state index in [9.17, 15) is 17.9 Å². The fraction of sp³-hybridized carbons (Fsp3) is 0. The minimum Gasteiger partial charge on any atom is -0.755 e. The van der Waals surface area contributed by atoms with Crippen LogP contribution in [0.4, 0.5) is 0 Å². The van der Waals surface area contributed by atoms with Gasteiger partial charge in [0.25, 0.3) is 0 Å². The first-order chi connectivity index (χ1) is 3.41. The molecule has 6 nitrogen and oxygen atoms in total. The third-order valence-corrected chi connectivity index (χ3v) is 3.29. The topological polar surface area (TPSA) is 92.7 Å². The first-order valence-electron chi connectivity index (χ1n) is 1.40. The average Bonchev–Trinajstić information content (AvgIpc) is 1.20. The molecule has 0 N–H and O–H groups in total. The Bertz CT molecular complexity index is 222. The zero-order valence-electron chi connectivity index (χ0n) is 4.30. The maximum atomic E-state index is 9.71. The second-order valence-corrected chi connectivity index (χ2v) is 3.91. The summed E-state index contributed by atoms with van der Waals surface area (Å²) >= 11 is 0. The van der Waals surface area contributed by atoms with Gasteiger partial charge < -0.3 is 4.89 Å². The molecule has 1 rings (SSSR count). The van der Waals surface area contributed by atoms with E-state index in [2.05, 4.69) is 7.94 Å². The number of hydrogen-bond donors (Lipinski definition) is 0. The van der Waals surface area contributed by atoms with Crippen LogP contribution in [0, 0.1) is 0 Å². The Morgan fingerprint density at radius 2 is 1.67 bits per heavy atom. The molecule has 1 saturated heterocycles. The van der Waals surface area contributed by atoms with E-state index in [1.54, 1.807) is 0 Å². The molecule has 1 heterocycles. The van der Waals surface area contributed by atoms with Gasteiger partial charge in [0.15, 0.2) is 0 Å². The van der Waals surface area contributed by atoms with E-state index in [-0.39, 0.29) is 51.4 Å². The van der Waals surface area contributed by atoms with Crippen molar-refractivity contribution in [3.63, 3.8) is 0 Å². The maximum absolute atomic E-state index is 9.71. The summed E-state index contributed by atoms with van der Waals surface area (Å²) in [6, 6.07) is 0. The molecule has 1 fully saturated rings. The van der Waals surface area contributed by atoms with E-state index in [1.807, 2.05) is 0 Å². The molecule has 48 valence electrons. The third-order valence-electron chi connectivity index (χ3n) is 0.365. The normalized spacial score (nSPS) is 27.7. The summed E-state index contributed by atoms with van der Waals surface area (Å²) in [5.74, 6) is 0. The molecule has 0 aromatic carbocycles. The first kappa shape index (κ1) is 10.7. The Kier molecular flexibility index (Phi) is 3.54. The zero-order valence-corrected chi connectivity index (χ0v) is 9.14. The number of rotatable bonds is 0. The van der Waals surface area contributed by atoms with Gasteiger partial charge >= 0.3 is 69.6 Å². The van der Waals surface area contributed by atoms with Gasteiger partial charge in [-0.3, -0.25) is 4.57 Å². The third kappa shape index (κ3) is 3.06. The van der Waals surface area contributed by atoms with Gasteiger partial charge in [-0.1, -0.05) is 0 Å². The smallest absolute Gasteiger partial charge is 0.755 e. The molecular formula is KO6PS. The van der Waals surface area contributed by atoms with E-state index in [1.165, 1.54) is 0 Å². The second-order valence-electron chi connectivity index (χ2n) is 1.00. The summed E-state index contributed by atoms with van der Waals surface area (Å²) in [6.45, 7) is 0. The zero-order chi connectivity index (χ0) is 6.41. The van der Waals surface area contributed by atoms with Gasteiger partial charge in [0.2, 0.25) is 0 Å². The van der Waals surface area contributed by atoms with Crippen molar-refractivity contribution in [1.29, 1.82) is 0 Å². The van der Waals surface area contributed by atoms with Crippen molar-refractivity contribution < 1.29 is 77.2 Å². The fourth-order valence-corrected chi connectivity index (χ4v) is 2.06. The molecule has 0 amide bonds. The van der Waals surface area contributed by atoms with Gasteiger partial charge in [-0.25, -0.2) is 0 Å². The van der Waals surface area contributed by atoms with Crippen molar-refractivity contribution in [3.8, 4) is 0 Å². The molecule has 0 aromatic heterocycles. The van der Waals surface area contributed by atoms with Crippen LogP contribution in [0.2, 0.25) is 0 Å². The quantitative estimate of drug-likeness (QED) is 0.289. The van der Waals surface area contributed by atoms with Crippen LogP contribution in [-0.4, -0.2) is 8.42 Å². The molecule has 1 aliphatic rings. The van der Waals surface area contributed by atoms with E-state index >= 15 is 0 Å². The van der Waals surface area contributed by atoms with Gasteiger partial charge in [0.1, 0.15) is 0 Å². The molecule has 0 spiro atoms. The summed E-state index contributed by atoms with van der Waals surface area (Å²) in [4.78, 5) is 9.71. The Balaban J connectivity index is 0.000000640. The summed E-state index contributed by atoms with van der Waals surface area (Å²) < 4.78 is 35.6. The van der Waals surface area contributed by atoms with Crippen LogP contribution >= 0.6 is 7.82 Å². The van der Waals surface area contributed by atoms with Crippen molar-refractivity contribution in [1.82, 2.24) is 0 Å². The predicted molar refractivity (Wildman–Crippen MR) is 18.7 cm³/mol. The van der Waals surface area contributed by atoms with Crippen LogP contribution in [0.1, 0.15) is 0 Å². The SMILES string of the molecule is O=P1([O-])OS(=O)(=O)O1.[K+]. The van der Waals surface area contributed by atoms with Crippen molar-refractivity contribution >= 4 is 18.2 Å². The second kappa shape index (κ2) is 2.98. The molecule has 0 unspecified atom stereocenters. The molecule has 9 heteroatoms. The van der Waals surface area contributed by atoms with Crippen LogP contribution in [0.25, 0.3) is 0 Å². The van der Waals surface area contributed by atoms with Gasteiger partial charge in [-0.05, 0) is 0 Å². The molecule has 9 heavy (non-hydrogen) atoms. The van der Waals surface area contributed by atoms with E-state index in [4.69, 9.17) is 0 Å². The molecular weight excluding hydrogens is 198 g/mol. The van der Waals surface area contributed by atoms with Crippen LogP contribution in [0.3, 0.4) is 0 Å². The van der Waals surface area contributed by atoms with Crippen LogP contribution < -0.4 is 56.3 Å². The van der Waals surface area contributed by atoms with E-state index in [0.717, 1.165) is 0 Å². The van der Waals surface area contributed by atoms with Crippen molar-refractivity contribution in [3.05, 3.63) is 0 Å². The minimum absolute atomic E-state index is 0. The van der Waals surface area contributed by atoms with Crippen molar-refractivity contribution in [2.75, 3.05) is 0 Å². The Morgan fingerprint density at radius 1 is 1.33 bits per heavy atom. The average molecular weight is 198 g/mol. The number of phosphoric acid groups is 1. The van der Waals surface area contributed by atoms with E-state index < -0.39 is 18.2 Å². The van der Waals surface area contributed by atoms with Crippen LogP contribution in [0.5, 0.6) is 0 Å². The Hall–Kier alpha value is 1.70. The van der Waals surface area contributed by atoms with Gasteiger partial charge in [-0.15, -0.1) is 0 Å². The molecule has 1 aliphatic heterocycles. The van der Waals surface area contributed by atoms with Gasteiger partial charge in [0.05, 0.1) is 0 Å².